The predicted molar refractivity (Wildman–Crippen MR) is 98.2 cm³/mol. The van der Waals surface area contributed by atoms with Crippen LogP contribution in [0.2, 0.25) is 0 Å². The minimum atomic E-state index is -0.900. The first-order valence-corrected chi connectivity index (χ1v) is 9.61. The molecule has 2 aliphatic rings. The van der Waals surface area contributed by atoms with E-state index in [2.05, 4.69) is 0 Å². The van der Waals surface area contributed by atoms with Crippen LogP contribution in [-0.2, 0) is 20.7 Å². The van der Waals surface area contributed by atoms with E-state index in [-0.39, 0.29) is 25.0 Å². The van der Waals surface area contributed by atoms with Gasteiger partial charge in [-0.25, -0.2) is 0 Å². The zero-order valence-corrected chi connectivity index (χ0v) is 15.5. The highest BCUT2D eigenvalue weighted by molar-refractivity contribution is 5.77. The van der Waals surface area contributed by atoms with Gasteiger partial charge in [-0.2, -0.15) is 0 Å². The molecule has 1 atom stereocenters. The van der Waals surface area contributed by atoms with Crippen LogP contribution in [0.1, 0.15) is 37.7 Å². The zero-order valence-electron chi connectivity index (χ0n) is 15.5. The summed E-state index contributed by atoms with van der Waals surface area (Å²) in [5.74, 6) is 0.519. The van der Waals surface area contributed by atoms with Gasteiger partial charge in [0, 0.05) is 32.5 Å². The molecule has 2 aliphatic heterocycles. The summed E-state index contributed by atoms with van der Waals surface area (Å²) < 4.78 is 16.9. The number of benzene rings is 1. The maximum atomic E-state index is 12.7. The number of carbonyl (C=O) groups is 2. The van der Waals surface area contributed by atoms with Crippen molar-refractivity contribution in [3.63, 3.8) is 0 Å². The molecule has 0 aliphatic carbocycles. The molecule has 1 fully saturated rings. The van der Waals surface area contributed by atoms with Crippen molar-refractivity contribution >= 4 is 11.9 Å². The Bertz CT molecular complexity index is 656. The quantitative estimate of drug-likeness (QED) is 0.748. The summed E-state index contributed by atoms with van der Waals surface area (Å²) in [6.07, 6.45) is 3.62. The van der Waals surface area contributed by atoms with Crippen LogP contribution in [0.15, 0.2) is 18.2 Å². The van der Waals surface area contributed by atoms with Crippen LogP contribution in [0, 0.1) is 0 Å². The molecule has 148 valence electrons. The van der Waals surface area contributed by atoms with Gasteiger partial charge < -0.3 is 24.2 Å². The van der Waals surface area contributed by atoms with E-state index < -0.39 is 5.97 Å². The van der Waals surface area contributed by atoms with Gasteiger partial charge in [-0.05, 0) is 37.0 Å². The molecular formula is C20H27NO6. The topological polar surface area (TPSA) is 85.3 Å². The summed E-state index contributed by atoms with van der Waals surface area (Å²) in [7, 11) is 0. The minimum absolute atomic E-state index is 0.0146. The minimum Gasteiger partial charge on any atom is -0.490 e. The second kappa shape index (κ2) is 9.60. The number of hydrogen-bond donors (Lipinski definition) is 1. The van der Waals surface area contributed by atoms with Crippen LogP contribution >= 0.6 is 0 Å². The Labute approximate surface area is 159 Å². The van der Waals surface area contributed by atoms with Crippen LogP contribution < -0.4 is 9.47 Å². The van der Waals surface area contributed by atoms with E-state index in [0.29, 0.717) is 39.2 Å². The van der Waals surface area contributed by atoms with E-state index in [1.54, 1.807) is 4.90 Å². The molecule has 2 heterocycles. The first-order valence-electron chi connectivity index (χ1n) is 9.61. The van der Waals surface area contributed by atoms with Crippen LogP contribution in [0.3, 0.4) is 0 Å². The molecule has 1 saturated heterocycles. The van der Waals surface area contributed by atoms with Gasteiger partial charge in [0.25, 0.3) is 0 Å². The van der Waals surface area contributed by atoms with Crippen LogP contribution in [0.4, 0.5) is 0 Å². The van der Waals surface area contributed by atoms with Crippen LogP contribution in [0.5, 0.6) is 11.5 Å². The van der Waals surface area contributed by atoms with Gasteiger partial charge in [0.05, 0.1) is 25.7 Å². The molecule has 0 unspecified atom stereocenters. The smallest absolute Gasteiger partial charge is 0.305 e. The Kier molecular flexibility index (Phi) is 6.92. The first kappa shape index (κ1) is 19.5. The summed E-state index contributed by atoms with van der Waals surface area (Å²) in [5, 5.41) is 8.95. The highest BCUT2D eigenvalue weighted by atomic mass is 16.5. The van der Waals surface area contributed by atoms with Crippen molar-refractivity contribution in [2.24, 2.45) is 0 Å². The van der Waals surface area contributed by atoms with E-state index >= 15 is 0 Å². The zero-order chi connectivity index (χ0) is 19.1. The number of aliphatic carboxylic acids is 1. The van der Waals surface area contributed by atoms with Crippen LogP contribution in [0.25, 0.3) is 0 Å². The average Bonchev–Trinajstić information content (AvgIpc) is 3.06. The van der Waals surface area contributed by atoms with E-state index in [1.165, 1.54) is 0 Å². The van der Waals surface area contributed by atoms with E-state index in [1.807, 2.05) is 18.2 Å². The second-order valence-electron chi connectivity index (χ2n) is 6.95. The number of amides is 1. The summed E-state index contributed by atoms with van der Waals surface area (Å²) in [6, 6.07) is 5.76. The third kappa shape index (κ3) is 5.85. The predicted octanol–water partition coefficient (Wildman–Crippen LogP) is 2.26. The third-order valence-corrected chi connectivity index (χ3v) is 4.84. The molecule has 27 heavy (non-hydrogen) atoms. The fourth-order valence-corrected chi connectivity index (χ4v) is 3.36. The molecule has 0 radical (unpaired) electrons. The Morgan fingerprint density at radius 1 is 1.07 bits per heavy atom. The largest absolute Gasteiger partial charge is 0.490 e. The van der Waals surface area contributed by atoms with Gasteiger partial charge in [0.1, 0.15) is 0 Å². The number of carboxylic acid groups (broad SMARTS) is 1. The second-order valence-corrected chi connectivity index (χ2v) is 6.95. The molecular weight excluding hydrogens is 350 g/mol. The number of ether oxygens (including phenoxy) is 3. The fraction of sp³-hybridized carbons (Fsp3) is 0.600. The van der Waals surface area contributed by atoms with Gasteiger partial charge in [0.2, 0.25) is 5.91 Å². The van der Waals surface area contributed by atoms with Gasteiger partial charge in [0.15, 0.2) is 11.5 Å². The number of carbonyl (C=O) groups excluding carboxylic acids is 1. The molecule has 1 aromatic rings. The summed E-state index contributed by atoms with van der Waals surface area (Å²) >= 11 is 0. The molecule has 0 bridgehead atoms. The van der Waals surface area contributed by atoms with Gasteiger partial charge >= 0.3 is 5.97 Å². The van der Waals surface area contributed by atoms with Gasteiger partial charge in [-0.3, -0.25) is 9.59 Å². The van der Waals surface area contributed by atoms with Gasteiger partial charge in [-0.1, -0.05) is 6.07 Å². The molecule has 3 rings (SSSR count). The number of carboxylic acids is 1. The maximum Gasteiger partial charge on any atom is 0.305 e. The van der Waals surface area contributed by atoms with Crippen molar-refractivity contribution in [2.75, 3.05) is 32.9 Å². The van der Waals surface area contributed by atoms with Crippen molar-refractivity contribution in [1.29, 1.82) is 0 Å². The molecule has 7 heteroatoms. The fourth-order valence-electron chi connectivity index (χ4n) is 3.36. The molecule has 1 aromatic carbocycles. The van der Waals surface area contributed by atoms with Gasteiger partial charge in [-0.15, -0.1) is 0 Å². The van der Waals surface area contributed by atoms with Crippen molar-refractivity contribution < 1.29 is 28.9 Å². The molecule has 0 aromatic heterocycles. The third-order valence-electron chi connectivity index (χ3n) is 4.84. The lowest BCUT2D eigenvalue weighted by Crippen LogP contribution is -2.38. The number of rotatable bonds is 8. The lowest BCUT2D eigenvalue weighted by Gasteiger charge is -2.25. The van der Waals surface area contributed by atoms with E-state index in [4.69, 9.17) is 19.3 Å². The lowest BCUT2D eigenvalue weighted by atomic mass is 10.1. The van der Waals surface area contributed by atoms with Crippen LogP contribution in [-0.4, -0.2) is 60.9 Å². The molecule has 1 N–H and O–H groups in total. The number of aryl methyl sites for hydroxylation is 1. The normalized spacial score (nSPS) is 18.7. The highest BCUT2D eigenvalue weighted by Gasteiger charge is 2.23. The van der Waals surface area contributed by atoms with Crippen molar-refractivity contribution in [1.82, 2.24) is 4.90 Å². The summed E-state index contributed by atoms with van der Waals surface area (Å²) in [5.41, 5.74) is 1.00. The standard InChI is InChI=1S/C20H27NO6/c22-19(21(9-8-20(23)24)14-16-3-1-10-25-16)7-5-15-4-6-17-18(13-15)27-12-2-11-26-17/h4,6,13,16H,1-3,5,7-12,14H2,(H,23,24)/t16-/m0/s1. The molecule has 0 spiro atoms. The van der Waals surface area contributed by atoms with Crippen molar-refractivity contribution in [2.45, 2.75) is 44.6 Å². The van der Waals surface area contributed by atoms with Crippen molar-refractivity contribution in [3.8, 4) is 11.5 Å². The SMILES string of the molecule is O=C(O)CCN(C[C@@H]1CCCO1)C(=O)CCc1ccc2c(c1)OCCCO2. The lowest BCUT2D eigenvalue weighted by molar-refractivity contribution is -0.139. The van der Waals surface area contributed by atoms with E-state index in [9.17, 15) is 9.59 Å². The highest BCUT2D eigenvalue weighted by Crippen LogP contribution is 2.30. The summed E-state index contributed by atoms with van der Waals surface area (Å²) in [4.78, 5) is 25.2. The van der Waals surface area contributed by atoms with E-state index in [0.717, 1.165) is 36.3 Å². The Morgan fingerprint density at radius 3 is 2.63 bits per heavy atom. The Hall–Kier alpha value is -2.28. The van der Waals surface area contributed by atoms with Crippen molar-refractivity contribution in [3.05, 3.63) is 23.8 Å². The number of fused-ring (bicyclic) bond motifs is 1. The number of nitrogens with zero attached hydrogens (tertiary/aromatic N) is 1. The number of hydrogen-bond acceptors (Lipinski definition) is 5. The average molecular weight is 377 g/mol. The monoisotopic (exact) mass is 377 g/mol. The maximum absolute atomic E-state index is 12.7. The molecule has 0 saturated carbocycles. The Morgan fingerprint density at radius 2 is 1.89 bits per heavy atom. The Balaban J connectivity index is 1.57. The summed E-state index contributed by atoms with van der Waals surface area (Å²) in [6.45, 7) is 2.66. The molecule has 1 amide bonds. The first-order chi connectivity index (χ1) is 13.1. The molecule has 7 nitrogen and oxygen atoms in total.